The second kappa shape index (κ2) is 5.85. The fourth-order valence-electron chi connectivity index (χ4n) is 1.44. The molecule has 0 aliphatic heterocycles. The van der Waals surface area contributed by atoms with Crippen molar-refractivity contribution in [3.05, 3.63) is 35.4 Å². The molecule has 1 amide bonds. The third-order valence-corrected chi connectivity index (χ3v) is 3.50. The number of carboxylic acid groups (broad SMARTS) is 1. The summed E-state index contributed by atoms with van der Waals surface area (Å²) in [6.07, 6.45) is 1.52. The summed E-state index contributed by atoms with van der Waals surface area (Å²) in [5, 5.41) is 15.9. The van der Waals surface area contributed by atoms with Gasteiger partial charge in [0.2, 0.25) is 15.9 Å². The fourth-order valence-corrected chi connectivity index (χ4v) is 2.06. The van der Waals surface area contributed by atoms with Gasteiger partial charge < -0.3 is 10.4 Å². The van der Waals surface area contributed by atoms with Crippen molar-refractivity contribution in [1.82, 2.24) is 0 Å². The molecule has 0 aromatic heterocycles. The first-order chi connectivity index (χ1) is 9.11. The quantitative estimate of drug-likeness (QED) is 0.699. The first kappa shape index (κ1) is 15.9. The summed E-state index contributed by atoms with van der Waals surface area (Å²) < 4.78 is 22.6. The number of primary sulfonamides is 1. The highest BCUT2D eigenvalue weighted by Gasteiger charge is 2.13. The summed E-state index contributed by atoms with van der Waals surface area (Å²) >= 11 is 0. The Morgan fingerprint density at radius 3 is 2.35 bits per heavy atom. The van der Waals surface area contributed by atoms with E-state index in [0.717, 1.165) is 6.08 Å². The number of carbonyl (C=O) groups excluding carboxylic acids is 1. The van der Waals surface area contributed by atoms with Crippen LogP contribution < -0.4 is 10.5 Å². The van der Waals surface area contributed by atoms with E-state index in [1.807, 2.05) is 0 Å². The van der Waals surface area contributed by atoms with Gasteiger partial charge in [-0.25, -0.2) is 18.4 Å². The zero-order valence-corrected chi connectivity index (χ0v) is 11.7. The number of rotatable bonds is 4. The number of aliphatic carboxylic acids is 1. The van der Waals surface area contributed by atoms with Gasteiger partial charge in [-0.3, -0.25) is 4.79 Å². The molecule has 0 saturated carbocycles. The molecule has 7 nitrogen and oxygen atoms in total. The van der Waals surface area contributed by atoms with Crippen molar-refractivity contribution < 1.29 is 23.1 Å². The molecule has 0 aliphatic rings. The van der Waals surface area contributed by atoms with Crippen LogP contribution in [-0.2, 0) is 19.6 Å². The average molecular weight is 298 g/mol. The van der Waals surface area contributed by atoms with Gasteiger partial charge in [0.1, 0.15) is 0 Å². The number of nitrogens with one attached hydrogen (secondary N) is 1. The molecule has 1 aromatic carbocycles. The SMILES string of the molecule is Cc1cc(S(N)(=O)=O)cc(NC(=O)/C=C/C(=O)O)c1C. The van der Waals surface area contributed by atoms with Gasteiger partial charge in [-0.05, 0) is 37.1 Å². The van der Waals surface area contributed by atoms with Gasteiger partial charge >= 0.3 is 5.97 Å². The number of carbonyl (C=O) groups is 2. The van der Waals surface area contributed by atoms with Crippen LogP contribution in [0, 0.1) is 13.8 Å². The summed E-state index contributed by atoms with van der Waals surface area (Å²) in [7, 11) is -3.89. The van der Waals surface area contributed by atoms with Crippen LogP contribution in [0.3, 0.4) is 0 Å². The first-order valence-corrected chi connectivity index (χ1v) is 7.02. The lowest BCUT2D eigenvalue weighted by Crippen LogP contribution is -2.15. The molecule has 0 radical (unpaired) electrons. The number of anilines is 1. The highest BCUT2D eigenvalue weighted by Crippen LogP contribution is 2.23. The van der Waals surface area contributed by atoms with Gasteiger partial charge in [0, 0.05) is 17.8 Å². The Morgan fingerprint density at radius 2 is 1.85 bits per heavy atom. The summed E-state index contributed by atoms with van der Waals surface area (Å²) in [6, 6.07) is 2.62. The number of sulfonamides is 1. The number of benzene rings is 1. The number of hydrogen-bond donors (Lipinski definition) is 3. The molecule has 0 saturated heterocycles. The van der Waals surface area contributed by atoms with E-state index < -0.39 is 21.9 Å². The Bertz CT molecular complexity index is 692. The molecule has 0 spiro atoms. The smallest absolute Gasteiger partial charge is 0.328 e. The summed E-state index contributed by atoms with van der Waals surface area (Å²) in [4.78, 5) is 21.7. The molecule has 1 rings (SSSR count). The lowest BCUT2D eigenvalue weighted by Gasteiger charge is -2.11. The number of nitrogens with two attached hydrogens (primary N) is 1. The van der Waals surface area contributed by atoms with Crippen LogP contribution in [0.5, 0.6) is 0 Å². The van der Waals surface area contributed by atoms with Crippen molar-refractivity contribution in [2.75, 3.05) is 5.32 Å². The molecule has 108 valence electrons. The topological polar surface area (TPSA) is 127 Å². The van der Waals surface area contributed by atoms with E-state index in [2.05, 4.69) is 5.32 Å². The fraction of sp³-hybridized carbons (Fsp3) is 0.167. The largest absolute Gasteiger partial charge is 0.478 e. The van der Waals surface area contributed by atoms with Crippen LogP contribution in [0.2, 0.25) is 0 Å². The third kappa shape index (κ3) is 4.18. The molecule has 0 fully saturated rings. The highest BCUT2D eigenvalue weighted by molar-refractivity contribution is 7.89. The Kier molecular flexibility index (Phi) is 4.64. The normalized spacial score (nSPS) is 11.6. The van der Waals surface area contributed by atoms with E-state index in [1.165, 1.54) is 12.1 Å². The molecule has 1 aromatic rings. The lowest BCUT2D eigenvalue weighted by molar-refractivity contribution is -0.131. The summed E-state index contributed by atoms with van der Waals surface area (Å²) in [6.45, 7) is 3.37. The minimum atomic E-state index is -3.89. The standard InChI is InChI=1S/C12H14N2O5S/c1-7-5-9(20(13,18)19)6-10(8(7)2)14-11(15)3-4-12(16)17/h3-6H,1-2H3,(H,14,15)(H,16,17)(H2,13,18,19)/b4-3+. The molecule has 20 heavy (non-hydrogen) atoms. The van der Waals surface area contributed by atoms with E-state index in [-0.39, 0.29) is 10.6 Å². The van der Waals surface area contributed by atoms with Gasteiger partial charge in [0.25, 0.3) is 0 Å². The van der Waals surface area contributed by atoms with Crippen molar-refractivity contribution in [3.8, 4) is 0 Å². The first-order valence-electron chi connectivity index (χ1n) is 5.47. The number of hydrogen-bond acceptors (Lipinski definition) is 4. The zero-order chi connectivity index (χ0) is 15.5. The number of carboxylic acids is 1. The second-order valence-corrected chi connectivity index (χ2v) is 5.68. The van der Waals surface area contributed by atoms with Crippen LogP contribution in [0.25, 0.3) is 0 Å². The number of aryl methyl sites for hydroxylation is 1. The molecule has 0 aliphatic carbocycles. The van der Waals surface area contributed by atoms with Crippen LogP contribution in [-0.4, -0.2) is 25.4 Å². The van der Waals surface area contributed by atoms with Crippen LogP contribution in [0.1, 0.15) is 11.1 Å². The van der Waals surface area contributed by atoms with Gasteiger partial charge in [0.15, 0.2) is 0 Å². The van der Waals surface area contributed by atoms with E-state index in [9.17, 15) is 18.0 Å². The Labute approximate surface area is 116 Å². The van der Waals surface area contributed by atoms with Gasteiger partial charge in [0.05, 0.1) is 4.90 Å². The minimum absolute atomic E-state index is 0.127. The maximum Gasteiger partial charge on any atom is 0.328 e. The van der Waals surface area contributed by atoms with E-state index >= 15 is 0 Å². The van der Waals surface area contributed by atoms with E-state index in [1.54, 1.807) is 13.8 Å². The summed E-state index contributed by atoms with van der Waals surface area (Å²) in [5.41, 5.74) is 1.55. The lowest BCUT2D eigenvalue weighted by atomic mass is 10.1. The Balaban J connectivity index is 3.16. The van der Waals surface area contributed by atoms with Gasteiger partial charge in [-0.1, -0.05) is 0 Å². The van der Waals surface area contributed by atoms with E-state index in [0.29, 0.717) is 17.2 Å². The van der Waals surface area contributed by atoms with Gasteiger partial charge in [-0.2, -0.15) is 0 Å². The molecular weight excluding hydrogens is 284 g/mol. The van der Waals surface area contributed by atoms with Crippen molar-refractivity contribution >= 4 is 27.6 Å². The van der Waals surface area contributed by atoms with Crippen molar-refractivity contribution in [1.29, 1.82) is 0 Å². The molecule has 8 heteroatoms. The summed E-state index contributed by atoms with van der Waals surface area (Å²) in [5.74, 6) is -1.94. The number of amides is 1. The van der Waals surface area contributed by atoms with Crippen LogP contribution in [0.4, 0.5) is 5.69 Å². The van der Waals surface area contributed by atoms with E-state index in [4.69, 9.17) is 10.2 Å². The minimum Gasteiger partial charge on any atom is -0.478 e. The highest BCUT2D eigenvalue weighted by atomic mass is 32.2. The average Bonchev–Trinajstić information content (AvgIpc) is 2.30. The molecule has 0 unspecified atom stereocenters. The maximum atomic E-state index is 11.5. The Morgan fingerprint density at radius 1 is 1.25 bits per heavy atom. The predicted molar refractivity (Wildman–Crippen MR) is 72.7 cm³/mol. The Hall–Kier alpha value is -2.19. The van der Waals surface area contributed by atoms with Crippen LogP contribution in [0.15, 0.2) is 29.2 Å². The predicted octanol–water partition coefficient (Wildman–Crippen LogP) is 0.530. The molecule has 0 bridgehead atoms. The second-order valence-electron chi connectivity index (χ2n) is 4.12. The van der Waals surface area contributed by atoms with Crippen LogP contribution >= 0.6 is 0 Å². The van der Waals surface area contributed by atoms with Crippen molar-refractivity contribution in [2.24, 2.45) is 5.14 Å². The van der Waals surface area contributed by atoms with Crippen molar-refractivity contribution in [3.63, 3.8) is 0 Å². The molecule has 0 heterocycles. The third-order valence-electron chi connectivity index (χ3n) is 2.60. The van der Waals surface area contributed by atoms with Gasteiger partial charge in [-0.15, -0.1) is 0 Å². The van der Waals surface area contributed by atoms with Crippen molar-refractivity contribution in [2.45, 2.75) is 18.7 Å². The maximum absolute atomic E-state index is 11.5. The zero-order valence-electron chi connectivity index (χ0n) is 10.9. The molecule has 0 atom stereocenters. The monoisotopic (exact) mass is 298 g/mol. The molecule has 4 N–H and O–H groups in total. The molecular formula is C12H14N2O5S.